The van der Waals surface area contributed by atoms with Gasteiger partial charge in [-0.25, -0.2) is 0 Å². The van der Waals surface area contributed by atoms with Gasteiger partial charge in [0, 0.05) is 37.8 Å². The Labute approximate surface area is 161 Å². The van der Waals surface area contributed by atoms with Crippen molar-refractivity contribution in [2.24, 2.45) is 5.92 Å². The second-order valence-electron chi connectivity index (χ2n) is 6.30. The summed E-state index contributed by atoms with van der Waals surface area (Å²) in [6, 6.07) is 0. The van der Waals surface area contributed by atoms with Crippen LogP contribution in [0.2, 0.25) is 0 Å². The van der Waals surface area contributed by atoms with Crippen LogP contribution in [-0.2, 0) is 9.59 Å². The SMILES string of the molecule is CCCCSc1nnc(SCC(=O)N2CCN(C(=O)C3CC3)CC2)s1. The average Bonchev–Trinajstić information content (AvgIpc) is 3.39. The summed E-state index contributed by atoms with van der Waals surface area (Å²) < 4.78 is 1.84. The van der Waals surface area contributed by atoms with Crippen molar-refractivity contribution < 1.29 is 9.59 Å². The second-order valence-corrected chi connectivity index (χ2v) is 9.85. The summed E-state index contributed by atoms with van der Waals surface area (Å²) in [5.74, 6) is 2.13. The van der Waals surface area contributed by atoms with Crippen molar-refractivity contribution in [3.8, 4) is 0 Å². The Hall–Kier alpha value is -0.800. The second kappa shape index (κ2) is 9.23. The Kier molecular flexibility index (Phi) is 7.00. The standard InChI is InChI=1S/C16H24N4O2S3/c1-2-3-10-23-15-17-18-16(25-15)24-11-13(21)19-6-8-20(9-7-19)14(22)12-4-5-12/h12H,2-11H2,1H3. The topological polar surface area (TPSA) is 66.4 Å². The third-order valence-corrected chi connectivity index (χ3v) is 7.56. The molecule has 0 spiro atoms. The fourth-order valence-corrected chi connectivity index (χ4v) is 5.67. The highest BCUT2D eigenvalue weighted by molar-refractivity contribution is 8.03. The summed E-state index contributed by atoms with van der Waals surface area (Å²) in [7, 11) is 0. The number of rotatable bonds is 8. The molecule has 9 heteroatoms. The van der Waals surface area contributed by atoms with Crippen molar-refractivity contribution in [3.63, 3.8) is 0 Å². The van der Waals surface area contributed by atoms with E-state index in [1.54, 1.807) is 23.1 Å². The van der Waals surface area contributed by atoms with E-state index < -0.39 is 0 Å². The summed E-state index contributed by atoms with van der Waals surface area (Å²) in [5.41, 5.74) is 0. The molecule has 2 heterocycles. The van der Waals surface area contributed by atoms with Crippen LogP contribution in [0.4, 0.5) is 0 Å². The van der Waals surface area contributed by atoms with Crippen LogP contribution in [0.3, 0.4) is 0 Å². The molecule has 0 bridgehead atoms. The van der Waals surface area contributed by atoms with Gasteiger partial charge in [-0.15, -0.1) is 10.2 Å². The third kappa shape index (κ3) is 5.59. The summed E-state index contributed by atoms with van der Waals surface area (Å²) in [4.78, 5) is 28.2. The van der Waals surface area contributed by atoms with Gasteiger partial charge in [0.1, 0.15) is 0 Å². The molecule has 1 saturated carbocycles. The molecule has 6 nitrogen and oxygen atoms in total. The maximum absolute atomic E-state index is 12.4. The fourth-order valence-electron chi connectivity index (χ4n) is 2.60. The van der Waals surface area contributed by atoms with E-state index in [2.05, 4.69) is 17.1 Å². The number of carbonyl (C=O) groups is 2. The van der Waals surface area contributed by atoms with Gasteiger partial charge in [-0.3, -0.25) is 9.59 Å². The normalized spacial score (nSPS) is 17.8. The van der Waals surface area contributed by atoms with Crippen LogP contribution < -0.4 is 0 Å². The highest BCUT2D eigenvalue weighted by atomic mass is 32.2. The molecule has 0 unspecified atom stereocenters. The van der Waals surface area contributed by atoms with Crippen LogP contribution >= 0.6 is 34.9 Å². The minimum atomic E-state index is 0.124. The monoisotopic (exact) mass is 400 g/mol. The molecule has 25 heavy (non-hydrogen) atoms. The maximum atomic E-state index is 12.4. The molecule has 0 aromatic carbocycles. The lowest BCUT2D eigenvalue weighted by Crippen LogP contribution is -2.51. The van der Waals surface area contributed by atoms with Crippen LogP contribution in [0.25, 0.3) is 0 Å². The molecule has 1 aliphatic heterocycles. The van der Waals surface area contributed by atoms with Gasteiger partial charge in [-0.1, -0.05) is 48.2 Å². The van der Waals surface area contributed by atoms with Gasteiger partial charge in [-0.2, -0.15) is 0 Å². The Balaban J connectivity index is 1.37. The van der Waals surface area contributed by atoms with Gasteiger partial charge >= 0.3 is 0 Å². The third-order valence-electron chi connectivity index (χ3n) is 4.30. The molecule has 0 atom stereocenters. The van der Waals surface area contributed by atoms with Crippen molar-refractivity contribution in [2.75, 3.05) is 37.7 Å². The quantitative estimate of drug-likeness (QED) is 0.494. The number of unbranched alkanes of at least 4 members (excludes halogenated alkanes) is 1. The van der Waals surface area contributed by atoms with Crippen molar-refractivity contribution in [1.29, 1.82) is 0 Å². The lowest BCUT2D eigenvalue weighted by atomic mass is 10.2. The first-order chi connectivity index (χ1) is 12.2. The number of amides is 2. The van der Waals surface area contributed by atoms with E-state index in [0.29, 0.717) is 31.9 Å². The van der Waals surface area contributed by atoms with Gasteiger partial charge < -0.3 is 9.80 Å². The van der Waals surface area contributed by atoms with Gasteiger partial charge in [0.15, 0.2) is 8.68 Å². The van der Waals surface area contributed by atoms with Crippen LogP contribution in [-0.4, -0.2) is 69.5 Å². The van der Waals surface area contributed by atoms with Crippen LogP contribution in [0.15, 0.2) is 8.68 Å². The molecule has 1 aliphatic carbocycles. The number of thioether (sulfide) groups is 2. The predicted octanol–water partition coefficient (Wildman–Crippen LogP) is 2.60. The molecule has 3 rings (SSSR count). The fraction of sp³-hybridized carbons (Fsp3) is 0.750. The molecule has 1 aromatic rings. The average molecular weight is 401 g/mol. The number of hydrogen-bond donors (Lipinski definition) is 0. The van der Waals surface area contributed by atoms with E-state index in [9.17, 15) is 9.59 Å². The Bertz CT molecular complexity index is 598. The predicted molar refractivity (Wildman–Crippen MR) is 102 cm³/mol. The van der Waals surface area contributed by atoms with E-state index in [0.717, 1.165) is 27.3 Å². The minimum Gasteiger partial charge on any atom is -0.339 e. The summed E-state index contributed by atoms with van der Waals surface area (Å²) >= 11 is 4.77. The summed E-state index contributed by atoms with van der Waals surface area (Å²) in [5, 5.41) is 8.33. The lowest BCUT2D eigenvalue weighted by molar-refractivity contribution is -0.139. The highest BCUT2D eigenvalue weighted by Crippen LogP contribution is 2.31. The molecule has 0 radical (unpaired) electrons. The number of piperazine rings is 1. The molecular formula is C16H24N4O2S3. The zero-order chi connectivity index (χ0) is 17.6. The van der Waals surface area contributed by atoms with E-state index in [1.807, 2.05) is 9.80 Å². The molecule has 2 amide bonds. The minimum absolute atomic E-state index is 0.124. The van der Waals surface area contributed by atoms with Gasteiger partial charge in [0.2, 0.25) is 11.8 Å². The Morgan fingerprint density at radius 2 is 1.72 bits per heavy atom. The zero-order valence-corrected chi connectivity index (χ0v) is 16.9. The van der Waals surface area contributed by atoms with Crippen molar-refractivity contribution in [3.05, 3.63) is 0 Å². The molecule has 1 aromatic heterocycles. The molecular weight excluding hydrogens is 376 g/mol. The molecule has 2 aliphatic rings. The first kappa shape index (κ1) is 19.0. The highest BCUT2D eigenvalue weighted by Gasteiger charge is 2.35. The first-order valence-corrected chi connectivity index (χ1v) is 11.6. The molecule has 2 fully saturated rings. The molecule has 1 saturated heterocycles. The van der Waals surface area contributed by atoms with E-state index >= 15 is 0 Å². The van der Waals surface area contributed by atoms with Crippen LogP contribution in [0, 0.1) is 5.92 Å². The Morgan fingerprint density at radius 1 is 1.08 bits per heavy atom. The van der Waals surface area contributed by atoms with E-state index in [1.165, 1.54) is 24.6 Å². The number of nitrogens with zero attached hydrogens (tertiary/aromatic N) is 4. The smallest absolute Gasteiger partial charge is 0.233 e. The van der Waals surface area contributed by atoms with Crippen LogP contribution in [0.1, 0.15) is 32.6 Å². The van der Waals surface area contributed by atoms with E-state index in [4.69, 9.17) is 0 Å². The maximum Gasteiger partial charge on any atom is 0.233 e. The summed E-state index contributed by atoms with van der Waals surface area (Å²) in [6.07, 6.45) is 4.44. The zero-order valence-electron chi connectivity index (χ0n) is 14.5. The number of hydrogen-bond acceptors (Lipinski definition) is 7. The van der Waals surface area contributed by atoms with Gasteiger partial charge in [-0.05, 0) is 19.3 Å². The summed E-state index contributed by atoms with van der Waals surface area (Å²) in [6.45, 7) is 4.80. The number of aromatic nitrogens is 2. The van der Waals surface area contributed by atoms with Crippen LogP contribution in [0.5, 0.6) is 0 Å². The van der Waals surface area contributed by atoms with E-state index in [-0.39, 0.29) is 17.7 Å². The number of carbonyl (C=O) groups excluding carboxylic acids is 2. The van der Waals surface area contributed by atoms with Gasteiger partial charge in [0.05, 0.1) is 5.75 Å². The Morgan fingerprint density at radius 3 is 2.36 bits per heavy atom. The van der Waals surface area contributed by atoms with Crippen molar-refractivity contribution in [1.82, 2.24) is 20.0 Å². The molecule has 138 valence electrons. The van der Waals surface area contributed by atoms with Crippen molar-refractivity contribution in [2.45, 2.75) is 41.3 Å². The lowest BCUT2D eigenvalue weighted by Gasteiger charge is -2.34. The molecule has 0 N–H and O–H groups in total. The van der Waals surface area contributed by atoms with Gasteiger partial charge in [0.25, 0.3) is 0 Å². The van der Waals surface area contributed by atoms with Crippen molar-refractivity contribution >= 4 is 46.7 Å². The first-order valence-electron chi connectivity index (χ1n) is 8.83. The largest absolute Gasteiger partial charge is 0.339 e.